The minimum absolute atomic E-state index is 0.119. The Bertz CT molecular complexity index is 510. The van der Waals surface area contributed by atoms with Gasteiger partial charge in [0.1, 0.15) is 10.6 Å². The molecule has 2 N–H and O–H groups in total. The fourth-order valence-electron chi connectivity index (χ4n) is 2.89. The molecule has 1 aliphatic rings. The highest BCUT2D eigenvalue weighted by molar-refractivity contribution is 7.09. The van der Waals surface area contributed by atoms with Crippen LogP contribution in [0.4, 0.5) is 4.79 Å². The van der Waals surface area contributed by atoms with E-state index in [9.17, 15) is 4.79 Å². The predicted molar refractivity (Wildman–Crippen MR) is 93.7 cm³/mol. The highest BCUT2D eigenvalue weighted by Crippen LogP contribution is 2.20. The lowest BCUT2D eigenvalue weighted by Crippen LogP contribution is -2.50. The third kappa shape index (κ3) is 6.47. The second-order valence-corrected chi connectivity index (χ2v) is 8.20. The fraction of sp³-hybridized carbons (Fsp3) is 0.765. The third-order valence-electron chi connectivity index (χ3n) is 3.90. The quantitative estimate of drug-likeness (QED) is 0.820. The van der Waals surface area contributed by atoms with E-state index in [1.54, 1.807) is 11.3 Å². The molecule has 130 valence electrons. The monoisotopic (exact) mass is 339 g/mol. The van der Waals surface area contributed by atoms with Crippen molar-refractivity contribution in [3.63, 3.8) is 0 Å². The van der Waals surface area contributed by atoms with Gasteiger partial charge >= 0.3 is 6.09 Å². The van der Waals surface area contributed by atoms with Gasteiger partial charge in [-0.1, -0.05) is 19.3 Å². The summed E-state index contributed by atoms with van der Waals surface area (Å²) in [5.74, 6) is 0. The number of nitrogens with one attached hydrogen (secondary N) is 2. The van der Waals surface area contributed by atoms with Crippen LogP contribution in [-0.2, 0) is 11.3 Å². The third-order valence-corrected chi connectivity index (χ3v) is 4.87. The molecule has 6 heteroatoms. The maximum Gasteiger partial charge on any atom is 0.407 e. The molecule has 0 saturated heterocycles. The number of alkyl carbamates (subject to hydrolysis) is 1. The van der Waals surface area contributed by atoms with E-state index in [0.717, 1.165) is 36.5 Å². The zero-order chi connectivity index (χ0) is 16.9. The molecule has 1 aliphatic carbocycles. The second-order valence-electron chi connectivity index (χ2n) is 7.26. The Morgan fingerprint density at radius 3 is 2.61 bits per heavy atom. The van der Waals surface area contributed by atoms with Gasteiger partial charge in [-0.05, 0) is 40.5 Å². The van der Waals surface area contributed by atoms with Crippen molar-refractivity contribution >= 4 is 17.4 Å². The van der Waals surface area contributed by atoms with E-state index in [2.05, 4.69) is 21.0 Å². The Kier molecular flexibility index (Phi) is 6.41. The molecule has 5 nitrogen and oxygen atoms in total. The summed E-state index contributed by atoms with van der Waals surface area (Å²) in [7, 11) is 0. The first-order valence-corrected chi connectivity index (χ1v) is 9.35. The van der Waals surface area contributed by atoms with E-state index in [4.69, 9.17) is 4.74 Å². The minimum atomic E-state index is -0.462. The van der Waals surface area contributed by atoms with Crippen LogP contribution in [0.1, 0.15) is 63.6 Å². The summed E-state index contributed by atoms with van der Waals surface area (Å²) in [5, 5.41) is 9.82. The Morgan fingerprint density at radius 1 is 1.30 bits per heavy atom. The molecule has 0 bridgehead atoms. The molecule has 0 spiro atoms. The first-order valence-electron chi connectivity index (χ1n) is 8.47. The summed E-state index contributed by atoms with van der Waals surface area (Å²) in [5.41, 5.74) is 0.604. The van der Waals surface area contributed by atoms with E-state index >= 15 is 0 Å². The van der Waals surface area contributed by atoms with Crippen molar-refractivity contribution in [3.05, 3.63) is 16.1 Å². The van der Waals surface area contributed by atoms with Crippen LogP contribution < -0.4 is 10.6 Å². The Morgan fingerprint density at radius 2 is 2.00 bits per heavy atom. The standard InChI is InChI=1S/C17H29N3O2S/c1-12-11-23-15(19-12)10-18-13-8-6-5-7-9-14(13)20-16(21)22-17(2,3)4/h11,13-14,18H,5-10H2,1-4H3,(H,20,21). The van der Waals surface area contributed by atoms with E-state index in [1.165, 1.54) is 12.8 Å². The number of hydrogen-bond acceptors (Lipinski definition) is 5. The van der Waals surface area contributed by atoms with Crippen molar-refractivity contribution in [2.45, 2.75) is 84.0 Å². The molecule has 1 fully saturated rings. The number of hydrogen-bond donors (Lipinski definition) is 2. The van der Waals surface area contributed by atoms with Crippen LogP contribution in [0.5, 0.6) is 0 Å². The van der Waals surface area contributed by atoms with Crippen LogP contribution in [0, 0.1) is 6.92 Å². The number of carbonyl (C=O) groups excluding carboxylic acids is 1. The number of aromatic nitrogens is 1. The van der Waals surface area contributed by atoms with Crippen molar-refractivity contribution in [2.24, 2.45) is 0 Å². The maximum atomic E-state index is 12.1. The van der Waals surface area contributed by atoms with Crippen LogP contribution in [0.3, 0.4) is 0 Å². The van der Waals surface area contributed by atoms with Crippen LogP contribution >= 0.6 is 11.3 Å². The normalized spacial score (nSPS) is 22.4. The first kappa shape index (κ1) is 18.2. The van der Waals surface area contributed by atoms with Gasteiger partial charge in [-0.15, -0.1) is 11.3 Å². The topological polar surface area (TPSA) is 63.2 Å². The van der Waals surface area contributed by atoms with Crippen molar-refractivity contribution in [1.29, 1.82) is 0 Å². The van der Waals surface area contributed by atoms with Gasteiger partial charge in [-0.3, -0.25) is 0 Å². The number of amides is 1. The van der Waals surface area contributed by atoms with Crippen molar-refractivity contribution in [1.82, 2.24) is 15.6 Å². The Labute approximate surface area is 143 Å². The molecule has 1 aromatic heterocycles. The lowest BCUT2D eigenvalue weighted by Gasteiger charge is -2.28. The van der Waals surface area contributed by atoms with Gasteiger partial charge in [-0.25, -0.2) is 9.78 Å². The van der Waals surface area contributed by atoms with Crippen LogP contribution in [0.15, 0.2) is 5.38 Å². The van der Waals surface area contributed by atoms with Gasteiger partial charge in [0.2, 0.25) is 0 Å². The van der Waals surface area contributed by atoms with Crippen LogP contribution in [-0.4, -0.2) is 28.8 Å². The van der Waals surface area contributed by atoms with Gasteiger partial charge in [0.25, 0.3) is 0 Å². The summed E-state index contributed by atoms with van der Waals surface area (Å²) < 4.78 is 5.41. The highest BCUT2D eigenvalue weighted by Gasteiger charge is 2.27. The van der Waals surface area contributed by atoms with Gasteiger partial charge in [0.05, 0.1) is 0 Å². The summed E-state index contributed by atoms with van der Waals surface area (Å²) in [6, 6.07) is 0.391. The van der Waals surface area contributed by atoms with Crippen molar-refractivity contribution in [2.75, 3.05) is 0 Å². The lowest BCUT2D eigenvalue weighted by molar-refractivity contribution is 0.0489. The van der Waals surface area contributed by atoms with E-state index < -0.39 is 5.60 Å². The molecule has 23 heavy (non-hydrogen) atoms. The summed E-state index contributed by atoms with van der Waals surface area (Å²) in [4.78, 5) is 16.6. The van der Waals surface area contributed by atoms with Gasteiger partial charge in [-0.2, -0.15) is 0 Å². The predicted octanol–water partition coefficient (Wildman–Crippen LogP) is 3.77. The van der Waals surface area contributed by atoms with Gasteiger partial charge in [0, 0.05) is 29.7 Å². The second kappa shape index (κ2) is 8.11. The molecule has 1 aromatic rings. The first-order chi connectivity index (χ1) is 10.8. The minimum Gasteiger partial charge on any atom is -0.444 e. The maximum absolute atomic E-state index is 12.1. The number of nitrogens with zero attached hydrogens (tertiary/aromatic N) is 1. The van der Waals surface area contributed by atoms with Gasteiger partial charge in [0.15, 0.2) is 0 Å². The largest absolute Gasteiger partial charge is 0.444 e. The van der Waals surface area contributed by atoms with Gasteiger partial charge < -0.3 is 15.4 Å². The smallest absolute Gasteiger partial charge is 0.407 e. The van der Waals surface area contributed by atoms with Crippen molar-refractivity contribution in [3.8, 4) is 0 Å². The SMILES string of the molecule is Cc1csc(CNC2CCCCCC2NC(=O)OC(C)(C)C)n1. The fourth-order valence-corrected chi connectivity index (χ4v) is 3.61. The molecule has 0 radical (unpaired) electrons. The highest BCUT2D eigenvalue weighted by atomic mass is 32.1. The molecular weight excluding hydrogens is 310 g/mol. The molecule has 0 aliphatic heterocycles. The summed E-state index contributed by atoms with van der Waals surface area (Å²) >= 11 is 1.68. The zero-order valence-electron chi connectivity index (χ0n) is 14.6. The van der Waals surface area contributed by atoms with E-state index in [0.29, 0.717) is 0 Å². The summed E-state index contributed by atoms with van der Waals surface area (Å²) in [6.07, 6.45) is 5.32. The van der Waals surface area contributed by atoms with E-state index in [1.807, 2.05) is 27.7 Å². The van der Waals surface area contributed by atoms with E-state index in [-0.39, 0.29) is 18.2 Å². The number of aryl methyl sites for hydroxylation is 1. The number of ether oxygens (including phenoxy) is 1. The molecule has 2 rings (SSSR count). The Balaban J connectivity index is 1.91. The van der Waals surface area contributed by atoms with Crippen LogP contribution in [0.25, 0.3) is 0 Å². The molecule has 1 saturated carbocycles. The number of rotatable bonds is 4. The Hall–Kier alpha value is -1.14. The molecule has 0 aromatic carbocycles. The average molecular weight is 340 g/mol. The lowest BCUT2D eigenvalue weighted by atomic mass is 10.0. The zero-order valence-corrected chi connectivity index (χ0v) is 15.5. The van der Waals surface area contributed by atoms with Crippen LogP contribution in [0.2, 0.25) is 0 Å². The molecule has 1 amide bonds. The number of thiazole rings is 1. The average Bonchev–Trinajstić information content (AvgIpc) is 2.72. The van der Waals surface area contributed by atoms with Crippen molar-refractivity contribution < 1.29 is 9.53 Å². The molecular formula is C17H29N3O2S. The molecule has 2 unspecified atom stereocenters. The number of carbonyl (C=O) groups is 1. The summed E-state index contributed by atoms with van der Waals surface area (Å²) in [6.45, 7) is 8.44. The molecule has 2 atom stereocenters. The molecule has 1 heterocycles.